The summed E-state index contributed by atoms with van der Waals surface area (Å²) in [6.07, 6.45) is 1.41. The Balaban J connectivity index is 1.74. The Morgan fingerprint density at radius 1 is 0.935 bits per heavy atom. The third kappa shape index (κ3) is 4.32. The van der Waals surface area contributed by atoms with Crippen LogP contribution in [-0.2, 0) is 9.84 Å². The molecule has 9 heteroatoms. The zero-order chi connectivity index (χ0) is 22.0. The predicted octanol–water partition coefficient (Wildman–Crippen LogP) is 5.69. The van der Waals surface area contributed by atoms with E-state index in [-0.39, 0.29) is 4.90 Å². The van der Waals surface area contributed by atoms with Crippen LogP contribution in [0.4, 0.5) is 0 Å². The average Bonchev–Trinajstić information content (AvgIpc) is 2.75. The van der Waals surface area contributed by atoms with Gasteiger partial charge in [0.25, 0.3) is 0 Å². The van der Waals surface area contributed by atoms with Gasteiger partial charge in [-0.25, -0.2) is 18.4 Å². The number of sulfone groups is 1. The summed E-state index contributed by atoms with van der Waals surface area (Å²) in [5.74, 6) is 0.135. The molecule has 0 amide bonds. The average molecular weight is 470 g/mol. The number of ether oxygens (including phenoxy) is 1. The number of hydrogen-bond acceptors (Lipinski definition) is 6. The lowest BCUT2D eigenvalue weighted by molar-refractivity contribution is 0.481. The molecule has 0 atom stereocenters. The fourth-order valence-corrected chi connectivity index (χ4v) is 4.40. The largest absolute Gasteiger partial charge is 0.457 e. The molecule has 0 saturated heterocycles. The van der Waals surface area contributed by atoms with E-state index < -0.39 is 15.6 Å². The van der Waals surface area contributed by atoms with E-state index in [9.17, 15) is 8.42 Å². The number of benzene rings is 3. The van der Waals surface area contributed by atoms with Gasteiger partial charge in [-0.05, 0) is 42.5 Å². The van der Waals surface area contributed by atoms with Gasteiger partial charge in [0.15, 0.2) is 9.84 Å². The Bertz CT molecular complexity index is 1450. The number of nitriles is 1. The molecule has 154 valence electrons. The second-order valence-corrected chi connectivity index (χ2v) is 9.30. The Kier molecular flexibility index (Phi) is 5.79. The molecular formula is C22H13Cl2N3O3S. The second-order valence-electron chi connectivity index (χ2n) is 6.49. The SMILES string of the molecule is N#CCS(=O)(=O)c1cccc(Oc2ccc(Cl)c(-c3ncnc4c(Cl)cccc34)c2)c1. The number of aromatic nitrogens is 2. The van der Waals surface area contributed by atoms with Gasteiger partial charge in [-0.1, -0.05) is 41.4 Å². The molecule has 0 bridgehead atoms. The summed E-state index contributed by atoms with van der Waals surface area (Å²) in [5, 5.41) is 10.4. The zero-order valence-corrected chi connectivity index (χ0v) is 18.1. The number of nitrogens with zero attached hydrogens (tertiary/aromatic N) is 3. The zero-order valence-electron chi connectivity index (χ0n) is 15.8. The van der Waals surface area contributed by atoms with Gasteiger partial charge < -0.3 is 4.74 Å². The van der Waals surface area contributed by atoms with E-state index >= 15 is 0 Å². The van der Waals surface area contributed by atoms with Crippen LogP contribution in [0, 0.1) is 11.3 Å². The van der Waals surface area contributed by atoms with Gasteiger partial charge in [-0.15, -0.1) is 0 Å². The summed E-state index contributed by atoms with van der Waals surface area (Å²) < 4.78 is 30.2. The first-order valence-corrected chi connectivity index (χ1v) is 11.4. The molecule has 31 heavy (non-hydrogen) atoms. The third-order valence-electron chi connectivity index (χ3n) is 4.46. The lowest BCUT2D eigenvalue weighted by Crippen LogP contribution is -2.04. The van der Waals surface area contributed by atoms with Crippen LogP contribution in [0.1, 0.15) is 0 Å². The van der Waals surface area contributed by atoms with Crippen LogP contribution in [0.3, 0.4) is 0 Å². The maximum Gasteiger partial charge on any atom is 0.191 e. The Morgan fingerprint density at radius 2 is 1.71 bits per heavy atom. The molecule has 1 heterocycles. The van der Waals surface area contributed by atoms with Gasteiger partial charge in [0.05, 0.1) is 32.2 Å². The van der Waals surface area contributed by atoms with Gasteiger partial charge in [-0.3, -0.25) is 0 Å². The van der Waals surface area contributed by atoms with Crippen molar-refractivity contribution in [1.29, 1.82) is 5.26 Å². The van der Waals surface area contributed by atoms with Crippen molar-refractivity contribution in [3.8, 4) is 28.8 Å². The highest BCUT2D eigenvalue weighted by Crippen LogP contribution is 2.36. The molecule has 1 aromatic heterocycles. The van der Waals surface area contributed by atoms with Crippen LogP contribution >= 0.6 is 23.2 Å². The third-order valence-corrected chi connectivity index (χ3v) is 6.58. The minimum absolute atomic E-state index is 0.0113. The quantitative estimate of drug-likeness (QED) is 0.372. The molecule has 0 aliphatic rings. The first-order chi connectivity index (χ1) is 14.9. The predicted molar refractivity (Wildman–Crippen MR) is 119 cm³/mol. The lowest BCUT2D eigenvalue weighted by atomic mass is 10.1. The lowest BCUT2D eigenvalue weighted by Gasteiger charge is -2.12. The first-order valence-electron chi connectivity index (χ1n) is 8.96. The molecular weight excluding hydrogens is 457 g/mol. The number of fused-ring (bicyclic) bond motifs is 1. The van der Waals surface area contributed by atoms with Crippen LogP contribution in [0.2, 0.25) is 10.0 Å². The van der Waals surface area contributed by atoms with Gasteiger partial charge in [0, 0.05) is 10.9 Å². The van der Waals surface area contributed by atoms with Crippen LogP contribution in [-0.4, -0.2) is 24.1 Å². The highest BCUT2D eigenvalue weighted by molar-refractivity contribution is 7.91. The maximum absolute atomic E-state index is 12.2. The van der Waals surface area contributed by atoms with Gasteiger partial charge in [-0.2, -0.15) is 5.26 Å². The van der Waals surface area contributed by atoms with Crippen molar-refractivity contribution in [3.05, 3.63) is 77.0 Å². The van der Waals surface area contributed by atoms with E-state index in [1.165, 1.54) is 18.5 Å². The van der Waals surface area contributed by atoms with E-state index in [2.05, 4.69) is 9.97 Å². The van der Waals surface area contributed by atoms with E-state index in [0.717, 1.165) is 5.39 Å². The summed E-state index contributed by atoms with van der Waals surface area (Å²) in [5.41, 5.74) is 1.81. The van der Waals surface area contributed by atoms with Crippen molar-refractivity contribution in [2.45, 2.75) is 4.90 Å². The highest BCUT2D eigenvalue weighted by Gasteiger charge is 2.16. The highest BCUT2D eigenvalue weighted by atomic mass is 35.5. The van der Waals surface area contributed by atoms with Crippen LogP contribution in [0.15, 0.2) is 71.9 Å². The molecule has 0 aliphatic heterocycles. The van der Waals surface area contributed by atoms with Crippen LogP contribution in [0.25, 0.3) is 22.2 Å². The molecule has 0 N–H and O–H groups in total. The molecule has 0 fully saturated rings. The number of rotatable bonds is 5. The molecule has 4 aromatic rings. The minimum Gasteiger partial charge on any atom is -0.457 e. The van der Waals surface area contributed by atoms with Crippen molar-refractivity contribution < 1.29 is 13.2 Å². The van der Waals surface area contributed by atoms with Gasteiger partial charge in [0.2, 0.25) is 0 Å². The normalized spacial score (nSPS) is 11.3. The topological polar surface area (TPSA) is 92.9 Å². The molecule has 0 aliphatic carbocycles. The van der Waals surface area contributed by atoms with Crippen molar-refractivity contribution in [3.63, 3.8) is 0 Å². The summed E-state index contributed by atoms with van der Waals surface area (Å²) in [7, 11) is -3.70. The fraction of sp³-hybridized carbons (Fsp3) is 0.0455. The van der Waals surface area contributed by atoms with Crippen molar-refractivity contribution in [2.24, 2.45) is 0 Å². The number of halogens is 2. The van der Waals surface area contributed by atoms with E-state index in [1.807, 2.05) is 6.07 Å². The molecule has 0 unspecified atom stereocenters. The monoisotopic (exact) mass is 469 g/mol. The van der Waals surface area contributed by atoms with Crippen LogP contribution in [0.5, 0.6) is 11.5 Å². The molecule has 3 aromatic carbocycles. The number of hydrogen-bond donors (Lipinski definition) is 0. The van der Waals surface area contributed by atoms with Crippen molar-refractivity contribution in [1.82, 2.24) is 9.97 Å². The molecule has 0 radical (unpaired) electrons. The summed E-state index contributed by atoms with van der Waals surface area (Å²) in [6, 6.07) is 18.1. The van der Waals surface area contributed by atoms with Gasteiger partial charge in [0.1, 0.15) is 23.6 Å². The molecule has 6 nitrogen and oxygen atoms in total. The van der Waals surface area contributed by atoms with Crippen molar-refractivity contribution >= 4 is 43.9 Å². The molecule has 0 spiro atoms. The van der Waals surface area contributed by atoms with Gasteiger partial charge >= 0.3 is 0 Å². The second kappa shape index (κ2) is 8.52. The van der Waals surface area contributed by atoms with E-state index in [0.29, 0.717) is 38.3 Å². The maximum atomic E-state index is 12.2. The summed E-state index contributed by atoms with van der Waals surface area (Å²) in [4.78, 5) is 8.62. The van der Waals surface area contributed by atoms with E-state index in [4.69, 9.17) is 33.2 Å². The van der Waals surface area contributed by atoms with Crippen molar-refractivity contribution in [2.75, 3.05) is 5.75 Å². The van der Waals surface area contributed by atoms with E-state index in [1.54, 1.807) is 48.5 Å². The fourth-order valence-electron chi connectivity index (χ4n) is 3.05. The Morgan fingerprint density at radius 3 is 2.52 bits per heavy atom. The molecule has 4 rings (SSSR count). The Labute approximate surface area is 188 Å². The molecule has 0 saturated carbocycles. The van der Waals surface area contributed by atoms with Crippen LogP contribution < -0.4 is 4.74 Å². The summed E-state index contributed by atoms with van der Waals surface area (Å²) in [6.45, 7) is 0. The first kappa shape index (κ1) is 21.1. The standard InChI is InChI=1S/C22H13Cl2N3O3S/c23-19-8-7-15(30-14-3-1-4-16(11-14)31(28,29)10-9-25)12-18(19)21-17-5-2-6-20(24)22(17)27-13-26-21/h1-8,11-13H,10H2. The smallest absolute Gasteiger partial charge is 0.191 e. The summed E-state index contributed by atoms with van der Waals surface area (Å²) >= 11 is 12.7. The minimum atomic E-state index is -3.70. The number of para-hydroxylation sites is 1. The Hall–Kier alpha value is -3.18.